The second kappa shape index (κ2) is 6.33. The van der Waals surface area contributed by atoms with Crippen LogP contribution < -0.4 is 0 Å². The minimum atomic E-state index is -0.148. The van der Waals surface area contributed by atoms with Gasteiger partial charge in [0.05, 0.1) is 11.1 Å². The third-order valence-electron chi connectivity index (χ3n) is 3.55. The van der Waals surface area contributed by atoms with Crippen LogP contribution in [0.5, 0.6) is 0 Å². The molecular formula is C15H18BrNO2. The van der Waals surface area contributed by atoms with Gasteiger partial charge in [-0.3, -0.25) is 14.5 Å². The molecule has 4 heteroatoms. The molecule has 0 bridgehead atoms. The summed E-state index contributed by atoms with van der Waals surface area (Å²) in [6.45, 7) is 2.67. The summed E-state index contributed by atoms with van der Waals surface area (Å²) in [7, 11) is 0. The van der Waals surface area contributed by atoms with Crippen LogP contribution in [-0.2, 0) is 0 Å². The molecule has 0 radical (unpaired) electrons. The Kier molecular flexibility index (Phi) is 4.75. The molecule has 0 N–H and O–H groups in total. The van der Waals surface area contributed by atoms with Crippen molar-refractivity contribution < 1.29 is 9.59 Å². The van der Waals surface area contributed by atoms with Crippen molar-refractivity contribution in [2.45, 2.75) is 26.2 Å². The van der Waals surface area contributed by atoms with Crippen LogP contribution in [0.3, 0.4) is 0 Å². The maximum atomic E-state index is 12.2. The van der Waals surface area contributed by atoms with Crippen LogP contribution in [0.4, 0.5) is 0 Å². The molecule has 1 aromatic carbocycles. The van der Waals surface area contributed by atoms with Crippen molar-refractivity contribution in [3.63, 3.8) is 0 Å². The number of halogens is 1. The Labute approximate surface area is 122 Å². The van der Waals surface area contributed by atoms with E-state index in [1.54, 1.807) is 24.3 Å². The SMILES string of the molecule is CCCC(CBr)CCN1C(=O)c2ccccc2C1=O. The zero-order valence-corrected chi connectivity index (χ0v) is 12.6. The predicted octanol–water partition coefficient (Wildman–Crippen LogP) is 3.48. The number of carbonyl (C=O) groups is 2. The van der Waals surface area contributed by atoms with Crippen LogP contribution >= 0.6 is 15.9 Å². The summed E-state index contributed by atoms with van der Waals surface area (Å²) in [4.78, 5) is 25.7. The molecule has 0 saturated carbocycles. The zero-order valence-electron chi connectivity index (χ0n) is 11.1. The summed E-state index contributed by atoms with van der Waals surface area (Å²) in [5.74, 6) is 0.227. The summed E-state index contributed by atoms with van der Waals surface area (Å²) in [6, 6.07) is 7.05. The van der Waals surface area contributed by atoms with Gasteiger partial charge in [-0.1, -0.05) is 41.4 Å². The number of carbonyl (C=O) groups excluding carboxylic acids is 2. The van der Waals surface area contributed by atoms with Crippen LogP contribution in [0.15, 0.2) is 24.3 Å². The van der Waals surface area contributed by atoms with Gasteiger partial charge in [0.15, 0.2) is 0 Å². The number of benzene rings is 1. The van der Waals surface area contributed by atoms with Gasteiger partial charge in [-0.15, -0.1) is 0 Å². The molecule has 1 unspecified atom stereocenters. The Bertz CT molecular complexity index is 452. The Balaban J connectivity index is 2.04. The number of amides is 2. The number of imide groups is 1. The average Bonchev–Trinajstić information content (AvgIpc) is 2.68. The Morgan fingerprint density at radius 2 is 1.68 bits per heavy atom. The van der Waals surface area contributed by atoms with Gasteiger partial charge in [0.25, 0.3) is 11.8 Å². The molecule has 2 amide bonds. The third-order valence-corrected chi connectivity index (χ3v) is 4.47. The number of fused-ring (bicyclic) bond motifs is 1. The van der Waals surface area contributed by atoms with Crippen molar-refractivity contribution in [2.75, 3.05) is 11.9 Å². The van der Waals surface area contributed by atoms with Gasteiger partial charge < -0.3 is 0 Å². The van der Waals surface area contributed by atoms with E-state index >= 15 is 0 Å². The first kappa shape index (κ1) is 14.3. The molecule has 0 fully saturated rings. The quantitative estimate of drug-likeness (QED) is 0.593. The molecule has 102 valence electrons. The predicted molar refractivity (Wildman–Crippen MR) is 78.6 cm³/mol. The number of rotatable bonds is 6. The van der Waals surface area contributed by atoms with Crippen LogP contribution in [0.25, 0.3) is 0 Å². The molecule has 19 heavy (non-hydrogen) atoms. The topological polar surface area (TPSA) is 37.4 Å². The summed E-state index contributed by atoms with van der Waals surface area (Å²) in [5, 5.41) is 0.921. The van der Waals surface area contributed by atoms with Crippen LogP contribution in [0.2, 0.25) is 0 Å². The fourth-order valence-corrected chi connectivity index (χ4v) is 3.11. The Hall–Kier alpha value is -1.16. The van der Waals surface area contributed by atoms with E-state index in [1.165, 1.54) is 4.90 Å². The average molecular weight is 324 g/mol. The molecule has 1 aromatic rings. The highest BCUT2D eigenvalue weighted by Gasteiger charge is 2.34. The fraction of sp³-hybridized carbons (Fsp3) is 0.467. The fourth-order valence-electron chi connectivity index (χ4n) is 2.46. The van der Waals surface area contributed by atoms with Gasteiger partial charge in [-0.05, 0) is 30.9 Å². The lowest BCUT2D eigenvalue weighted by Crippen LogP contribution is -2.32. The van der Waals surface area contributed by atoms with Gasteiger partial charge in [0.1, 0.15) is 0 Å². The minimum Gasteiger partial charge on any atom is -0.274 e. The summed E-state index contributed by atoms with van der Waals surface area (Å²) in [5.41, 5.74) is 1.08. The standard InChI is InChI=1S/C15H18BrNO2/c1-2-5-11(10-16)8-9-17-14(18)12-6-3-4-7-13(12)15(17)19/h3-4,6-7,11H,2,5,8-10H2,1H3. The molecule has 2 rings (SSSR count). The lowest BCUT2D eigenvalue weighted by atomic mass is 10.0. The van der Waals surface area contributed by atoms with E-state index in [0.717, 1.165) is 24.6 Å². The highest BCUT2D eigenvalue weighted by molar-refractivity contribution is 9.09. The summed E-state index contributed by atoms with van der Waals surface area (Å²) < 4.78 is 0. The molecular weight excluding hydrogens is 306 g/mol. The Morgan fingerprint density at radius 1 is 1.11 bits per heavy atom. The normalized spacial score (nSPS) is 15.8. The van der Waals surface area contributed by atoms with E-state index in [1.807, 2.05) is 0 Å². The van der Waals surface area contributed by atoms with E-state index in [-0.39, 0.29) is 11.8 Å². The van der Waals surface area contributed by atoms with Crippen molar-refractivity contribution in [3.8, 4) is 0 Å². The van der Waals surface area contributed by atoms with Gasteiger partial charge >= 0.3 is 0 Å². The highest BCUT2D eigenvalue weighted by Crippen LogP contribution is 2.24. The number of alkyl halides is 1. The summed E-state index contributed by atoms with van der Waals surface area (Å²) >= 11 is 3.50. The second-order valence-corrected chi connectivity index (χ2v) is 5.55. The van der Waals surface area contributed by atoms with Gasteiger partial charge in [-0.25, -0.2) is 0 Å². The molecule has 1 aliphatic heterocycles. The van der Waals surface area contributed by atoms with E-state index in [0.29, 0.717) is 23.6 Å². The second-order valence-electron chi connectivity index (χ2n) is 4.91. The lowest BCUT2D eigenvalue weighted by Gasteiger charge is -2.18. The van der Waals surface area contributed by atoms with Crippen LogP contribution in [0.1, 0.15) is 46.9 Å². The van der Waals surface area contributed by atoms with Gasteiger partial charge in [-0.2, -0.15) is 0 Å². The molecule has 1 heterocycles. The van der Waals surface area contributed by atoms with Gasteiger partial charge in [0, 0.05) is 11.9 Å². The molecule has 0 saturated heterocycles. The van der Waals surface area contributed by atoms with E-state index in [2.05, 4.69) is 22.9 Å². The maximum absolute atomic E-state index is 12.2. The smallest absolute Gasteiger partial charge is 0.261 e. The van der Waals surface area contributed by atoms with E-state index in [9.17, 15) is 9.59 Å². The van der Waals surface area contributed by atoms with Crippen molar-refractivity contribution in [2.24, 2.45) is 5.92 Å². The molecule has 0 spiro atoms. The van der Waals surface area contributed by atoms with Gasteiger partial charge in [0.2, 0.25) is 0 Å². The molecule has 3 nitrogen and oxygen atoms in total. The number of hydrogen-bond donors (Lipinski definition) is 0. The molecule has 1 aliphatic rings. The van der Waals surface area contributed by atoms with E-state index < -0.39 is 0 Å². The minimum absolute atomic E-state index is 0.148. The van der Waals surface area contributed by atoms with Crippen molar-refractivity contribution in [1.82, 2.24) is 4.90 Å². The lowest BCUT2D eigenvalue weighted by molar-refractivity contribution is 0.0646. The van der Waals surface area contributed by atoms with Crippen molar-refractivity contribution in [3.05, 3.63) is 35.4 Å². The first-order chi connectivity index (χ1) is 9.19. The van der Waals surface area contributed by atoms with Crippen molar-refractivity contribution in [1.29, 1.82) is 0 Å². The van der Waals surface area contributed by atoms with Crippen molar-refractivity contribution >= 4 is 27.7 Å². The number of hydrogen-bond acceptors (Lipinski definition) is 2. The first-order valence-electron chi connectivity index (χ1n) is 6.70. The Morgan fingerprint density at radius 3 is 2.16 bits per heavy atom. The molecule has 0 aliphatic carbocycles. The van der Waals surface area contributed by atoms with E-state index in [4.69, 9.17) is 0 Å². The molecule has 1 atom stereocenters. The van der Waals surface area contributed by atoms with Crippen LogP contribution in [0, 0.1) is 5.92 Å². The summed E-state index contributed by atoms with van der Waals surface area (Å²) in [6.07, 6.45) is 3.11. The number of nitrogens with zero attached hydrogens (tertiary/aromatic N) is 1. The highest BCUT2D eigenvalue weighted by atomic mass is 79.9. The largest absolute Gasteiger partial charge is 0.274 e. The zero-order chi connectivity index (χ0) is 13.8. The maximum Gasteiger partial charge on any atom is 0.261 e. The molecule has 0 aromatic heterocycles. The monoisotopic (exact) mass is 323 g/mol. The first-order valence-corrected chi connectivity index (χ1v) is 7.82. The third kappa shape index (κ3) is 2.89. The van der Waals surface area contributed by atoms with Crippen LogP contribution in [-0.4, -0.2) is 28.6 Å².